The van der Waals surface area contributed by atoms with Gasteiger partial charge in [-0.25, -0.2) is 13.4 Å². The summed E-state index contributed by atoms with van der Waals surface area (Å²) in [5, 5.41) is 8.39. The number of hydrogen-bond acceptors (Lipinski definition) is 8. The lowest BCUT2D eigenvalue weighted by Gasteiger charge is -2.30. The Morgan fingerprint density at radius 2 is 2.23 bits per heavy atom. The first-order valence-corrected chi connectivity index (χ1v) is 12.3. The fourth-order valence-electron chi connectivity index (χ4n) is 3.36. The van der Waals surface area contributed by atoms with Crippen LogP contribution in [-0.2, 0) is 21.2 Å². The molecule has 31 heavy (non-hydrogen) atoms. The van der Waals surface area contributed by atoms with Crippen molar-refractivity contribution in [2.24, 2.45) is 5.92 Å². The molecule has 1 amide bonds. The highest BCUT2D eigenvalue weighted by molar-refractivity contribution is 7.91. The minimum Gasteiger partial charge on any atom is -0.339 e. The van der Waals surface area contributed by atoms with Crippen LogP contribution in [0.1, 0.15) is 31.2 Å². The second-order valence-corrected chi connectivity index (χ2v) is 10.5. The molecule has 1 aliphatic heterocycles. The summed E-state index contributed by atoms with van der Waals surface area (Å²) < 4.78 is 33.1. The van der Waals surface area contributed by atoms with E-state index in [-0.39, 0.29) is 16.7 Å². The molecule has 0 aliphatic carbocycles. The van der Waals surface area contributed by atoms with Crippen LogP contribution in [0.2, 0.25) is 0 Å². The first-order chi connectivity index (χ1) is 14.9. The van der Waals surface area contributed by atoms with Crippen LogP contribution in [0, 0.1) is 12.8 Å². The SMILES string of the molecule is CCc1nc(-c2csc(S(=O)(=O)N3CCCC(C(=O)Nc4ccc(C)cn4)C3)c2)no1. The normalized spacial score (nSPS) is 17.5. The van der Waals surface area contributed by atoms with Crippen molar-refractivity contribution < 1.29 is 17.7 Å². The highest BCUT2D eigenvalue weighted by Crippen LogP contribution is 2.31. The van der Waals surface area contributed by atoms with Crippen LogP contribution in [-0.4, -0.2) is 46.8 Å². The summed E-state index contributed by atoms with van der Waals surface area (Å²) >= 11 is 1.11. The summed E-state index contributed by atoms with van der Waals surface area (Å²) in [6.45, 7) is 4.33. The van der Waals surface area contributed by atoms with Crippen molar-refractivity contribution in [3.8, 4) is 11.4 Å². The summed E-state index contributed by atoms with van der Waals surface area (Å²) in [7, 11) is -3.72. The maximum absolute atomic E-state index is 13.2. The van der Waals surface area contributed by atoms with Gasteiger partial charge >= 0.3 is 0 Å². The van der Waals surface area contributed by atoms with Crippen LogP contribution in [0.4, 0.5) is 5.82 Å². The van der Waals surface area contributed by atoms with E-state index >= 15 is 0 Å². The predicted octanol–water partition coefficient (Wildman–Crippen LogP) is 3.10. The van der Waals surface area contributed by atoms with Crippen LogP contribution in [0.5, 0.6) is 0 Å². The Morgan fingerprint density at radius 3 is 2.94 bits per heavy atom. The van der Waals surface area contributed by atoms with Crippen molar-refractivity contribution in [1.82, 2.24) is 19.4 Å². The first-order valence-electron chi connectivity index (χ1n) is 10.0. The summed E-state index contributed by atoms with van der Waals surface area (Å²) in [6.07, 6.45) is 3.52. The number of aryl methyl sites for hydroxylation is 2. The van der Waals surface area contributed by atoms with Gasteiger partial charge in [0.05, 0.1) is 5.92 Å². The molecule has 1 saturated heterocycles. The fraction of sp³-hybridized carbons (Fsp3) is 0.400. The van der Waals surface area contributed by atoms with E-state index in [1.165, 1.54) is 4.31 Å². The Balaban J connectivity index is 1.47. The van der Waals surface area contributed by atoms with Gasteiger partial charge in [0.25, 0.3) is 10.0 Å². The fourth-order valence-corrected chi connectivity index (χ4v) is 6.19. The summed E-state index contributed by atoms with van der Waals surface area (Å²) in [6, 6.07) is 5.16. The molecule has 1 fully saturated rings. The van der Waals surface area contributed by atoms with Gasteiger partial charge in [-0.2, -0.15) is 9.29 Å². The standard InChI is InChI=1S/C20H23N5O4S2/c1-3-17-23-19(24-29-17)15-9-18(30-12-15)31(27,28)25-8-4-5-14(11-25)20(26)22-16-7-6-13(2)10-21-16/h6-7,9-10,12,14H,3-5,8,11H2,1-2H3,(H,21,22,26). The minimum absolute atomic E-state index is 0.134. The van der Waals surface area contributed by atoms with Gasteiger partial charge in [0.2, 0.25) is 17.6 Å². The molecule has 3 aromatic rings. The number of carbonyl (C=O) groups is 1. The molecule has 1 N–H and O–H groups in total. The minimum atomic E-state index is -3.72. The number of hydrogen-bond donors (Lipinski definition) is 1. The molecule has 1 aliphatic rings. The molecule has 9 nitrogen and oxygen atoms in total. The van der Waals surface area contributed by atoms with Gasteiger partial charge in [-0.1, -0.05) is 18.1 Å². The zero-order valence-corrected chi connectivity index (χ0v) is 18.9. The van der Waals surface area contributed by atoms with E-state index in [0.29, 0.717) is 48.9 Å². The molecular weight excluding hydrogens is 438 g/mol. The molecule has 164 valence electrons. The molecule has 1 atom stereocenters. The number of sulfonamides is 1. The average Bonchev–Trinajstić information content (AvgIpc) is 3.45. The monoisotopic (exact) mass is 461 g/mol. The molecule has 1 unspecified atom stereocenters. The van der Waals surface area contributed by atoms with E-state index in [0.717, 1.165) is 16.9 Å². The predicted molar refractivity (Wildman–Crippen MR) is 116 cm³/mol. The lowest BCUT2D eigenvalue weighted by Crippen LogP contribution is -2.43. The number of pyridine rings is 1. The number of amides is 1. The van der Waals surface area contributed by atoms with Crippen LogP contribution in [0.3, 0.4) is 0 Å². The van der Waals surface area contributed by atoms with Crippen LogP contribution in [0.15, 0.2) is 38.5 Å². The van der Waals surface area contributed by atoms with Crippen molar-refractivity contribution in [2.45, 2.75) is 37.3 Å². The topological polar surface area (TPSA) is 118 Å². The van der Waals surface area contributed by atoms with Gasteiger partial charge in [-0.3, -0.25) is 4.79 Å². The number of nitrogens with one attached hydrogen (secondary N) is 1. The molecule has 0 bridgehead atoms. The molecule has 0 radical (unpaired) electrons. The number of thiophene rings is 1. The second-order valence-electron chi connectivity index (χ2n) is 7.43. The Kier molecular flexibility index (Phi) is 6.17. The number of anilines is 1. The van der Waals surface area contributed by atoms with Gasteiger partial charge in [0, 0.05) is 36.7 Å². The third-order valence-electron chi connectivity index (χ3n) is 5.12. The van der Waals surface area contributed by atoms with E-state index in [4.69, 9.17) is 4.52 Å². The zero-order valence-electron chi connectivity index (χ0n) is 17.2. The van der Waals surface area contributed by atoms with E-state index < -0.39 is 15.9 Å². The van der Waals surface area contributed by atoms with E-state index in [1.807, 2.05) is 19.9 Å². The highest BCUT2D eigenvalue weighted by Gasteiger charge is 2.34. The van der Waals surface area contributed by atoms with Crippen molar-refractivity contribution >= 4 is 33.1 Å². The van der Waals surface area contributed by atoms with Crippen molar-refractivity contribution in [3.63, 3.8) is 0 Å². The average molecular weight is 462 g/mol. The number of nitrogens with zero attached hydrogens (tertiary/aromatic N) is 4. The quantitative estimate of drug-likeness (QED) is 0.599. The Morgan fingerprint density at radius 1 is 1.39 bits per heavy atom. The molecule has 11 heteroatoms. The highest BCUT2D eigenvalue weighted by atomic mass is 32.2. The lowest BCUT2D eigenvalue weighted by molar-refractivity contribution is -0.120. The molecule has 0 spiro atoms. The molecule has 4 rings (SSSR count). The third-order valence-corrected chi connectivity index (χ3v) is 8.40. The maximum atomic E-state index is 13.2. The van der Waals surface area contributed by atoms with Crippen molar-refractivity contribution in [1.29, 1.82) is 0 Å². The van der Waals surface area contributed by atoms with Crippen LogP contribution >= 0.6 is 11.3 Å². The van der Waals surface area contributed by atoms with Gasteiger partial charge in [-0.15, -0.1) is 11.3 Å². The number of aromatic nitrogens is 3. The summed E-state index contributed by atoms with van der Waals surface area (Å²) in [4.78, 5) is 21.1. The molecule has 3 aromatic heterocycles. The van der Waals surface area contributed by atoms with E-state index in [9.17, 15) is 13.2 Å². The molecule has 4 heterocycles. The largest absolute Gasteiger partial charge is 0.339 e. The summed E-state index contributed by atoms with van der Waals surface area (Å²) in [5.41, 5.74) is 1.60. The lowest BCUT2D eigenvalue weighted by atomic mass is 9.99. The van der Waals surface area contributed by atoms with Gasteiger partial charge in [0.15, 0.2) is 0 Å². The molecular formula is C20H23N5O4S2. The van der Waals surface area contributed by atoms with Gasteiger partial charge in [-0.05, 0) is 37.5 Å². The van der Waals surface area contributed by atoms with Gasteiger partial charge in [0.1, 0.15) is 10.0 Å². The zero-order chi connectivity index (χ0) is 22.0. The summed E-state index contributed by atoms with van der Waals surface area (Å²) in [5.74, 6) is 0.678. The molecule has 0 saturated carbocycles. The van der Waals surface area contributed by atoms with E-state index in [1.54, 1.807) is 23.7 Å². The Bertz CT molecular complexity index is 1170. The maximum Gasteiger partial charge on any atom is 0.252 e. The smallest absolute Gasteiger partial charge is 0.252 e. The number of piperidine rings is 1. The third kappa shape index (κ3) is 4.68. The van der Waals surface area contributed by atoms with Crippen LogP contribution < -0.4 is 5.32 Å². The molecule has 0 aromatic carbocycles. The number of rotatable bonds is 6. The second kappa shape index (κ2) is 8.85. The van der Waals surface area contributed by atoms with Crippen LogP contribution in [0.25, 0.3) is 11.4 Å². The van der Waals surface area contributed by atoms with E-state index in [2.05, 4.69) is 20.4 Å². The Labute approximate surface area is 184 Å². The first kappa shape index (κ1) is 21.6. The number of carbonyl (C=O) groups excluding carboxylic acids is 1. The van der Waals surface area contributed by atoms with Gasteiger partial charge < -0.3 is 9.84 Å². The van der Waals surface area contributed by atoms with Crippen molar-refractivity contribution in [2.75, 3.05) is 18.4 Å². The Hall–Kier alpha value is -2.63. The van der Waals surface area contributed by atoms with Crippen molar-refractivity contribution in [3.05, 3.63) is 41.2 Å².